The lowest BCUT2D eigenvalue weighted by atomic mass is 10.1. The number of piperidine rings is 1. The van der Waals surface area contributed by atoms with E-state index in [0.717, 1.165) is 31.5 Å². The van der Waals surface area contributed by atoms with Crippen LogP contribution in [0.5, 0.6) is 0 Å². The van der Waals surface area contributed by atoms with Crippen molar-refractivity contribution in [1.29, 1.82) is 0 Å². The largest absolute Gasteiger partial charge is 0.342 e. The van der Waals surface area contributed by atoms with Gasteiger partial charge >= 0.3 is 0 Å². The number of halogens is 1. The maximum Gasteiger partial charge on any atom is 0.236 e. The minimum Gasteiger partial charge on any atom is -0.342 e. The highest BCUT2D eigenvalue weighted by Crippen LogP contribution is 2.10. The van der Waals surface area contributed by atoms with E-state index in [-0.39, 0.29) is 11.7 Å². The fourth-order valence-electron chi connectivity index (χ4n) is 2.39. The van der Waals surface area contributed by atoms with Gasteiger partial charge in [-0.2, -0.15) is 0 Å². The van der Waals surface area contributed by atoms with Crippen LogP contribution in [0.1, 0.15) is 30.4 Å². The first-order valence-corrected chi connectivity index (χ1v) is 6.90. The number of aryl methyl sites for hydroxylation is 1. The molecule has 0 aromatic heterocycles. The van der Waals surface area contributed by atoms with E-state index in [1.807, 2.05) is 11.0 Å². The van der Waals surface area contributed by atoms with Gasteiger partial charge in [0.05, 0.1) is 6.54 Å². The topological polar surface area (TPSA) is 32.3 Å². The summed E-state index contributed by atoms with van der Waals surface area (Å²) in [5.41, 5.74) is 1.65. The van der Waals surface area contributed by atoms with Crippen LogP contribution in [0, 0.1) is 12.7 Å². The van der Waals surface area contributed by atoms with Crippen LogP contribution in [-0.4, -0.2) is 30.4 Å². The molecule has 0 spiro atoms. The van der Waals surface area contributed by atoms with Crippen LogP contribution in [0.3, 0.4) is 0 Å². The van der Waals surface area contributed by atoms with Gasteiger partial charge in [0.15, 0.2) is 0 Å². The van der Waals surface area contributed by atoms with Crippen LogP contribution < -0.4 is 5.32 Å². The van der Waals surface area contributed by atoms with Gasteiger partial charge in [0, 0.05) is 19.6 Å². The molecule has 1 heterocycles. The molecule has 1 fully saturated rings. The Kier molecular flexibility index (Phi) is 4.91. The van der Waals surface area contributed by atoms with Crippen molar-refractivity contribution in [3.63, 3.8) is 0 Å². The van der Waals surface area contributed by atoms with Crippen LogP contribution in [0.25, 0.3) is 0 Å². The van der Waals surface area contributed by atoms with Crippen LogP contribution in [0.15, 0.2) is 18.2 Å². The maximum atomic E-state index is 13.1. The summed E-state index contributed by atoms with van der Waals surface area (Å²) in [6.07, 6.45) is 3.46. The first-order chi connectivity index (χ1) is 9.16. The van der Waals surface area contributed by atoms with E-state index in [9.17, 15) is 9.18 Å². The molecule has 1 aliphatic rings. The van der Waals surface area contributed by atoms with E-state index in [4.69, 9.17) is 0 Å². The molecule has 0 radical (unpaired) electrons. The Balaban J connectivity index is 1.76. The molecule has 1 saturated heterocycles. The Morgan fingerprint density at radius 2 is 2.05 bits per heavy atom. The first-order valence-electron chi connectivity index (χ1n) is 6.90. The van der Waals surface area contributed by atoms with E-state index in [1.165, 1.54) is 12.5 Å². The molecule has 1 amide bonds. The second kappa shape index (κ2) is 6.66. The molecule has 19 heavy (non-hydrogen) atoms. The molecule has 1 N–H and O–H groups in total. The molecule has 0 saturated carbocycles. The molecule has 4 heteroatoms. The molecule has 104 valence electrons. The van der Waals surface area contributed by atoms with Crippen LogP contribution >= 0.6 is 0 Å². The predicted molar refractivity (Wildman–Crippen MR) is 73.3 cm³/mol. The van der Waals surface area contributed by atoms with Gasteiger partial charge in [0.1, 0.15) is 5.82 Å². The fourth-order valence-corrected chi connectivity index (χ4v) is 2.39. The van der Waals surface area contributed by atoms with Crippen molar-refractivity contribution in [3.05, 3.63) is 35.1 Å². The quantitative estimate of drug-likeness (QED) is 0.904. The molecule has 3 nitrogen and oxygen atoms in total. The minimum atomic E-state index is -0.187. The summed E-state index contributed by atoms with van der Waals surface area (Å²) in [5, 5.41) is 3.13. The maximum absolute atomic E-state index is 13.1. The predicted octanol–water partition coefficient (Wildman–Crippen LogP) is 2.24. The molecule has 0 atom stereocenters. The Labute approximate surface area is 113 Å². The molecular weight excluding hydrogens is 243 g/mol. The van der Waals surface area contributed by atoms with Crippen molar-refractivity contribution in [2.24, 2.45) is 0 Å². The van der Waals surface area contributed by atoms with Crippen molar-refractivity contribution in [1.82, 2.24) is 10.2 Å². The molecule has 1 aromatic carbocycles. The summed E-state index contributed by atoms with van der Waals surface area (Å²) in [4.78, 5) is 13.8. The highest BCUT2D eigenvalue weighted by atomic mass is 19.1. The van der Waals surface area contributed by atoms with Crippen LogP contribution in [0.2, 0.25) is 0 Å². The monoisotopic (exact) mass is 264 g/mol. The van der Waals surface area contributed by atoms with Crippen molar-refractivity contribution in [2.75, 3.05) is 19.6 Å². The molecule has 0 unspecified atom stereocenters. The van der Waals surface area contributed by atoms with E-state index < -0.39 is 0 Å². The summed E-state index contributed by atoms with van der Waals surface area (Å²) in [5.74, 6) is -0.0216. The van der Waals surface area contributed by atoms with Crippen molar-refractivity contribution in [2.45, 2.75) is 32.7 Å². The third kappa shape index (κ3) is 4.03. The number of rotatable bonds is 4. The number of nitrogens with zero attached hydrogens (tertiary/aromatic N) is 1. The number of carbonyl (C=O) groups excluding carboxylic acids is 1. The number of likely N-dealkylation sites (tertiary alicyclic amines) is 1. The van der Waals surface area contributed by atoms with Crippen LogP contribution in [0.4, 0.5) is 4.39 Å². The van der Waals surface area contributed by atoms with Crippen LogP contribution in [-0.2, 0) is 11.3 Å². The molecule has 2 rings (SSSR count). The summed E-state index contributed by atoms with van der Waals surface area (Å²) >= 11 is 0. The van der Waals surface area contributed by atoms with E-state index in [2.05, 4.69) is 5.32 Å². The lowest BCUT2D eigenvalue weighted by Crippen LogP contribution is -2.40. The number of hydrogen-bond donors (Lipinski definition) is 1. The lowest BCUT2D eigenvalue weighted by Gasteiger charge is -2.26. The zero-order chi connectivity index (χ0) is 13.7. The molecule has 0 aliphatic carbocycles. The SMILES string of the molecule is Cc1cc(CNCC(=O)N2CCCCC2)ccc1F. The zero-order valence-corrected chi connectivity index (χ0v) is 11.4. The Morgan fingerprint density at radius 3 is 2.74 bits per heavy atom. The average Bonchev–Trinajstić information content (AvgIpc) is 2.43. The first kappa shape index (κ1) is 14.0. The minimum absolute atomic E-state index is 0.165. The third-order valence-corrected chi connectivity index (χ3v) is 3.54. The van der Waals surface area contributed by atoms with Gasteiger partial charge in [0.2, 0.25) is 5.91 Å². The number of benzene rings is 1. The number of carbonyl (C=O) groups is 1. The highest BCUT2D eigenvalue weighted by molar-refractivity contribution is 5.78. The molecule has 1 aromatic rings. The summed E-state index contributed by atoms with van der Waals surface area (Å²) in [7, 11) is 0. The Morgan fingerprint density at radius 1 is 1.32 bits per heavy atom. The molecular formula is C15H21FN2O. The van der Waals surface area contributed by atoms with Gasteiger partial charge in [-0.1, -0.05) is 12.1 Å². The Bertz CT molecular complexity index is 442. The van der Waals surface area contributed by atoms with Gasteiger partial charge in [0.25, 0.3) is 0 Å². The van der Waals surface area contributed by atoms with Gasteiger partial charge in [-0.15, -0.1) is 0 Å². The van der Waals surface area contributed by atoms with Crippen molar-refractivity contribution < 1.29 is 9.18 Å². The number of amides is 1. The third-order valence-electron chi connectivity index (χ3n) is 3.54. The zero-order valence-electron chi connectivity index (χ0n) is 11.4. The fraction of sp³-hybridized carbons (Fsp3) is 0.533. The number of hydrogen-bond acceptors (Lipinski definition) is 2. The van der Waals surface area contributed by atoms with Gasteiger partial charge in [-0.25, -0.2) is 4.39 Å². The van der Waals surface area contributed by atoms with E-state index in [1.54, 1.807) is 13.0 Å². The normalized spacial score (nSPS) is 15.6. The Hall–Kier alpha value is -1.42. The lowest BCUT2D eigenvalue weighted by molar-refractivity contribution is -0.131. The summed E-state index contributed by atoms with van der Waals surface area (Å²) in [6, 6.07) is 5.03. The van der Waals surface area contributed by atoms with Gasteiger partial charge in [-0.05, 0) is 43.4 Å². The van der Waals surface area contributed by atoms with Gasteiger partial charge in [-0.3, -0.25) is 4.79 Å². The second-order valence-corrected chi connectivity index (χ2v) is 5.13. The van der Waals surface area contributed by atoms with E-state index >= 15 is 0 Å². The van der Waals surface area contributed by atoms with Crippen molar-refractivity contribution in [3.8, 4) is 0 Å². The number of nitrogens with one attached hydrogen (secondary N) is 1. The highest BCUT2D eigenvalue weighted by Gasteiger charge is 2.15. The molecule has 0 bridgehead atoms. The standard InChI is InChI=1S/C15H21FN2O/c1-12-9-13(5-6-14(12)16)10-17-11-15(19)18-7-3-2-4-8-18/h5-6,9,17H,2-4,7-8,10-11H2,1H3. The van der Waals surface area contributed by atoms with Crippen molar-refractivity contribution >= 4 is 5.91 Å². The van der Waals surface area contributed by atoms with E-state index in [0.29, 0.717) is 18.7 Å². The van der Waals surface area contributed by atoms with Gasteiger partial charge < -0.3 is 10.2 Å². The summed E-state index contributed by atoms with van der Waals surface area (Å²) in [6.45, 7) is 4.47. The summed E-state index contributed by atoms with van der Waals surface area (Å²) < 4.78 is 13.1. The second-order valence-electron chi connectivity index (χ2n) is 5.13. The molecule has 1 aliphatic heterocycles. The smallest absolute Gasteiger partial charge is 0.236 e. The average molecular weight is 264 g/mol.